The van der Waals surface area contributed by atoms with E-state index in [0.717, 1.165) is 36.7 Å². The molecule has 2 aromatic heterocycles. The second-order valence-electron chi connectivity index (χ2n) is 14.7. The zero-order valence-corrected chi connectivity index (χ0v) is 28.2. The van der Waals surface area contributed by atoms with E-state index in [-0.39, 0.29) is 23.4 Å². The minimum atomic E-state index is -0.158. The van der Waals surface area contributed by atoms with Crippen LogP contribution in [0.15, 0.2) is 66.1 Å². The molecule has 2 unspecified atom stereocenters. The third-order valence-electron chi connectivity index (χ3n) is 11.4. The van der Waals surface area contributed by atoms with Crippen LogP contribution in [0.4, 0.5) is 0 Å². The average molecular weight is 630 g/mol. The molecule has 0 bridgehead atoms. The Morgan fingerprint density at radius 2 is 1.72 bits per heavy atom. The third kappa shape index (κ3) is 5.26. The molecule has 1 saturated carbocycles. The number of allylic oxidation sites excluding steroid dienone is 4. The molecule has 1 amide bonds. The number of amides is 1. The van der Waals surface area contributed by atoms with Gasteiger partial charge in [-0.15, -0.1) is 0 Å². The van der Waals surface area contributed by atoms with Crippen LogP contribution in [0.25, 0.3) is 16.8 Å². The first-order valence-electron chi connectivity index (χ1n) is 17.5. The van der Waals surface area contributed by atoms with Crippen LogP contribution >= 0.6 is 0 Å². The van der Waals surface area contributed by atoms with Crippen LogP contribution in [-0.4, -0.2) is 69.4 Å². The summed E-state index contributed by atoms with van der Waals surface area (Å²) in [7, 11) is 3.98. The topological polar surface area (TPSA) is 92.9 Å². The number of aromatic amines is 2. The maximum atomic E-state index is 12.9. The van der Waals surface area contributed by atoms with Gasteiger partial charge in [0, 0.05) is 36.5 Å². The van der Waals surface area contributed by atoms with Gasteiger partial charge in [-0.3, -0.25) is 9.69 Å². The molecule has 3 N–H and O–H groups in total. The largest absolute Gasteiger partial charge is 0.344 e. The van der Waals surface area contributed by atoms with Crippen molar-refractivity contribution in [1.29, 1.82) is 0 Å². The van der Waals surface area contributed by atoms with E-state index >= 15 is 0 Å². The summed E-state index contributed by atoms with van der Waals surface area (Å²) in [5, 5.41) is 3.01. The summed E-state index contributed by atoms with van der Waals surface area (Å²) in [5.74, 6) is 2.28. The first-order chi connectivity index (χ1) is 22.8. The molecule has 3 atom stereocenters. The van der Waals surface area contributed by atoms with Crippen molar-refractivity contribution in [3.8, 4) is 11.3 Å². The summed E-state index contributed by atoms with van der Waals surface area (Å²) in [6, 6.07) is 4.76. The minimum Gasteiger partial charge on any atom is -0.344 e. The number of likely N-dealkylation sites (N-methyl/N-ethyl adjacent to an activating group) is 2. The van der Waals surface area contributed by atoms with Gasteiger partial charge in [0.25, 0.3) is 0 Å². The van der Waals surface area contributed by atoms with Crippen LogP contribution < -0.4 is 5.32 Å². The zero-order valence-electron chi connectivity index (χ0n) is 28.2. The van der Waals surface area contributed by atoms with Gasteiger partial charge in [0.2, 0.25) is 5.91 Å². The number of benzene rings is 1. The van der Waals surface area contributed by atoms with Gasteiger partial charge in [-0.05, 0) is 87.7 Å². The molecule has 1 aromatic carbocycles. The number of carbonyl (C=O) groups is 1. The molecule has 8 heteroatoms. The monoisotopic (exact) mass is 629 g/mol. The standard InChI is InChI=1S/C39H47N7O/c1-24-17-33(45(4)22-24)37-41-19-31(43-37)27-9-7-26(8-10-27)28-11-12-29(30-13-16-39(36(28)30)14-5-6-15-39)32-20-42-38(44-32)34-18-25(2)23-46(34)35(47)21-40-3/h7-9,11-12,17-20,27,33-34,40H,5-6,10,13-16,21-23H2,1-4H3,(H,41,43)(H,42,44)/t27?,33?,34-/m0/s1. The lowest BCUT2D eigenvalue weighted by Crippen LogP contribution is -2.37. The quantitative estimate of drug-likeness (QED) is 0.254. The predicted octanol–water partition coefficient (Wildman–Crippen LogP) is 6.67. The van der Waals surface area contributed by atoms with E-state index in [4.69, 9.17) is 9.97 Å². The molecule has 8 nitrogen and oxygen atoms in total. The average Bonchev–Trinajstić information content (AvgIpc) is 3.92. The van der Waals surface area contributed by atoms with E-state index in [1.54, 1.807) is 5.56 Å². The van der Waals surface area contributed by atoms with Gasteiger partial charge in [0.1, 0.15) is 17.7 Å². The maximum Gasteiger partial charge on any atom is 0.237 e. The van der Waals surface area contributed by atoms with E-state index in [9.17, 15) is 4.79 Å². The highest BCUT2D eigenvalue weighted by Crippen LogP contribution is 2.54. The van der Waals surface area contributed by atoms with Gasteiger partial charge < -0.3 is 20.2 Å². The Kier molecular flexibility index (Phi) is 7.68. The van der Waals surface area contributed by atoms with E-state index in [1.807, 2.05) is 24.3 Å². The van der Waals surface area contributed by atoms with Crippen molar-refractivity contribution in [3.63, 3.8) is 0 Å². The van der Waals surface area contributed by atoms with Crippen LogP contribution in [0, 0.1) is 0 Å². The summed E-state index contributed by atoms with van der Waals surface area (Å²) in [5.41, 5.74) is 12.2. The second kappa shape index (κ2) is 11.9. The summed E-state index contributed by atoms with van der Waals surface area (Å²) >= 11 is 0. The molecule has 4 heterocycles. The lowest BCUT2D eigenvalue weighted by molar-refractivity contribution is -0.130. The van der Waals surface area contributed by atoms with Crippen LogP contribution in [-0.2, 0) is 16.6 Å². The summed E-state index contributed by atoms with van der Waals surface area (Å²) in [6.45, 7) is 6.25. The van der Waals surface area contributed by atoms with E-state index in [1.165, 1.54) is 71.2 Å². The highest BCUT2D eigenvalue weighted by atomic mass is 16.2. The second-order valence-corrected chi connectivity index (χ2v) is 14.7. The Hall–Kier alpha value is -4.01. The summed E-state index contributed by atoms with van der Waals surface area (Å²) < 4.78 is 0. The molecule has 47 heavy (non-hydrogen) atoms. The maximum absolute atomic E-state index is 12.9. The van der Waals surface area contributed by atoms with Gasteiger partial charge in [0.05, 0.1) is 24.5 Å². The van der Waals surface area contributed by atoms with Crippen LogP contribution in [0.5, 0.6) is 0 Å². The predicted molar refractivity (Wildman–Crippen MR) is 187 cm³/mol. The number of carbonyl (C=O) groups excluding carboxylic acids is 1. The lowest BCUT2D eigenvalue weighted by atomic mass is 9.75. The van der Waals surface area contributed by atoms with Gasteiger partial charge in [-0.25, -0.2) is 9.97 Å². The van der Waals surface area contributed by atoms with E-state index in [0.29, 0.717) is 19.0 Å². The van der Waals surface area contributed by atoms with E-state index in [2.05, 4.69) is 83.6 Å². The smallest absolute Gasteiger partial charge is 0.237 e. The highest BCUT2D eigenvalue weighted by molar-refractivity contribution is 5.83. The Morgan fingerprint density at radius 1 is 0.979 bits per heavy atom. The van der Waals surface area contributed by atoms with Crippen molar-refractivity contribution in [3.05, 3.63) is 100 Å². The molecule has 2 aliphatic heterocycles. The minimum absolute atomic E-state index is 0.0923. The fourth-order valence-corrected chi connectivity index (χ4v) is 9.14. The number of H-pyrrole nitrogens is 2. The van der Waals surface area contributed by atoms with Gasteiger partial charge in [-0.1, -0.05) is 66.5 Å². The van der Waals surface area contributed by atoms with Gasteiger partial charge in [0.15, 0.2) is 0 Å². The lowest BCUT2D eigenvalue weighted by Gasteiger charge is -2.29. The number of rotatable bonds is 7. The summed E-state index contributed by atoms with van der Waals surface area (Å²) in [4.78, 5) is 34.1. The molecule has 1 spiro atoms. The molecule has 0 radical (unpaired) electrons. The molecule has 5 aliphatic rings. The SMILES string of the molecule is CNCC(=O)N1CC(C)=C[C@H]1c1ncc(-c2ccc(C3=CCC(c4cnc(C5C=C(C)CN5C)[nH]4)C=C3)c3c2CCC32CCCC2)[nH]1. The third-order valence-corrected chi connectivity index (χ3v) is 11.4. The van der Waals surface area contributed by atoms with Crippen molar-refractivity contribution in [2.24, 2.45) is 0 Å². The molecule has 3 aromatic rings. The number of imidazole rings is 2. The number of aromatic nitrogens is 4. The number of nitrogens with one attached hydrogen (secondary N) is 3. The summed E-state index contributed by atoms with van der Waals surface area (Å²) in [6.07, 6.45) is 24.2. The molecular weight excluding hydrogens is 582 g/mol. The zero-order chi connectivity index (χ0) is 32.3. The van der Waals surface area contributed by atoms with Crippen molar-refractivity contribution in [1.82, 2.24) is 35.1 Å². The Bertz CT molecular complexity index is 1830. The van der Waals surface area contributed by atoms with E-state index < -0.39 is 0 Å². The first kappa shape index (κ1) is 30.3. The van der Waals surface area contributed by atoms with Crippen molar-refractivity contribution in [2.45, 2.75) is 82.2 Å². The van der Waals surface area contributed by atoms with Crippen LogP contribution in [0.2, 0.25) is 0 Å². The van der Waals surface area contributed by atoms with Crippen molar-refractivity contribution >= 4 is 11.5 Å². The fraction of sp³-hybridized carbons (Fsp3) is 0.462. The molecule has 3 aliphatic carbocycles. The Morgan fingerprint density at radius 3 is 2.47 bits per heavy atom. The van der Waals surface area contributed by atoms with Gasteiger partial charge in [-0.2, -0.15) is 0 Å². The first-order valence-corrected chi connectivity index (χ1v) is 17.5. The Labute approximate surface area is 278 Å². The molecular formula is C39H47N7O. The number of fused-ring (bicyclic) bond motifs is 2. The van der Waals surface area contributed by atoms with Crippen LogP contribution in [0.3, 0.4) is 0 Å². The number of hydrogen-bond donors (Lipinski definition) is 3. The molecule has 8 rings (SSSR count). The fourth-order valence-electron chi connectivity index (χ4n) is 9.14. The van der Waals surface area contributed by atoms with Crippen LogP contribution in [0.1, 0.15) is 104 Å². The normalized spacial score (nSPS) is 25.1. The highest BCUT2D eigenvalue weighted by Gasteiger charge is 2.44. The molecule has 0 saturated heterocycles. The molecule has 1 fully saturated rings. The Balaban J connectivity index is 1.09. The molecule has 244 valence electrons. The van der Waals surface area contributed by atoms with Crippen molar-refractivity contribution < 1.29 is 4.79 Å². The number of hydrogen-bond acceptors (Lipinski definition) is 5. The van der Waals surface area contributed by atoms with Gasteiger partial charge >= 0.3 is 0 Å². The van der Waals surface area contributed by atoms with Crippen molar-refractivity contribution in [2.75, 3.05) is 33.7 Å². The number of nitrogens with zero attached hydrogens (tertiary/aromatic N) is 4.